The Labute approximate surface area is 184 Å². The number of hydrogen-bond acceptors (Lipinski definition) is 8. The summed E-state index contributed by atoms with van der Waals surface area (Å²) in [6, 6.07) is 14.9. The molecule has 0 aliphatic rings. The Balaban J connectivity index is 1.49. The molecule has 2 aromatic heterocycles. The highest BCUT2D eigenvalue weighted by Gasteiger charge is 2.20. The molecule has 1 unspecified atom stereocenters. The van der Waals surface area contributed by atoms with E-state index in [0.717, 1.165) is 22.2 Å². The summed E-state index contributed by atoms with van der Waals surface area (Å²) in [7, 11) is -3.56. The minimum Gasteiger partial charge on any atom is -0.397 e. The number of fused-ring (bicyclic) bond motifs is 1. The molecule has 4 N–H and O–H groups in total. The number of nitrogen functional groups attached to an aromatic ring is 1. The molecule has 2 aromatic carbocycles. The van der Waals surface area contributed by atoms with Gasteiger partial charge in [0, 0.05) is 11.9 Å². The van der Waals surface area contributed by atoms with Crippen LogP contribution in [0.5, 0.6) is 0 Å². The van der Waals surface area contributed by atoms with Gasteiger partial charge < -0.3 is 10.8 Å². The van der Waals surface area contributed by atoms with Gasteiger partial charge in [0.05, 0.1) is 26.0 Å². The van der Waals surface area contributed by atoms with E-state index in [2.05, 4.69) is 15.5 Å². The molecule has 0 aliphatic carbocycles. The second-order valence-electron chi connectivity index (χ2n) is 7.21. The first-order valence-electron chi connectivity index (χ1n) is 9.61. The summed E-state index contributed by atoms with van der Waals surface area (Å²) in [6.07, 6.45) is -0.980. The van der Waals surface area contributed by atoms with E-state index >= 15 is 0 Å². The number of nitrogens with zero attached hydrogens (tertiary/aromatic N) is 2. The number of anilines is 1. The van der Waals surface area contributed by atoms with Gasteiger partial charge in [-0.3, -0.25) is 5.32 Å². The van der Waals surface area contributed by atoms with Gasteiger partial charge in [-0.05, 0) is 49.2 Å². The Morgan fingerprint density at radius 3 is 2.35 bits per heavy atom. The van der Waals surface area contributed by atoms with Gasteiger partial charge in [-0.1, -0.05) is 30.3 Å². The van der Waals surface area contributed by atoms with E-state index in [1.807, 2.05) is 13.8 Å². The first-order valence-corrected chi connectivity index (χ1v) is 11.9. The maximum Gasteiger partial charge on any atom is 0.206 e. The lowest BCUT2D eigenvalue weighted by Crippen LogP contribution is -2.20. The normalized spacial score (nSPS) is 12.9. The zero-order valence-electron chi connectivity index (χ0n) is 17.0. The average molecular weight is 455 g/mol. The van der Waals surface area contributed by atoms with E-state index in [0.29, 0.717) is 21.9 Å². The molecule has 31 heavy (non-hydrogen) atoms. The summed E-state index contributed by atoms with van der Waals surface area (Å²) >= 11 is 1.30. The molecule has 0 amide bonds. The Bertz CT molecular complexity index is 1330. The fourth-order valence-electron chi connectivity index (χ4n) is 3.29. The molecule has 0 saturated heterocycles. The number of sulfone groups is 1. The highest BCUT2D eigenvalue weighted by molar-refractivity contribution is 7.91. The topological polar surface area (TPSA) is 118 Å². The minimum absolute atomic E-state index is 0.223. The lowest BCUT2D eigenvalue weighted by molar-refractivity contribution is 0.141. The average Bonchev–Trinajstić information content (AvgIpc) is 3.12. The van der Waals surface area contributed by atoms with Crippen LogP contribution in [0, 0.1) is 13.8 Å². The maximum absolute atomic E-state index is 12.7. The Morgan fingerprint density at radius 1 is 1.03 bits per heavy atom. The van der Waals surface area contributed by atoms with Gasteiger partial charge in [-0.2, -0.15) is 5.10 Å². The van der Waals surface area contributed by atoms with E-state index in [-0.39, 0.29) is 9.79 Å². The third kappa shape index (κ3) is 4.05. The molecule has 0 fully saturated rings. The summed E-state index contributed by atoms with van der Waals surface area (Å²) in [5, 5.41) is 22.8. The summed E-state index contributed by atoms with van der Waals surface area (Å²) in [4.78, 5) is 1.75. The molecule has 4 rings (SSSR count). The highest BCUT2D eigenvalue weighted by atomic mass is 32.2. The van der Waals surface area contributed by atoms with Crippen molar-refractivity contribution in [3.05, 3.63) is 76.3 Å². The molecular formula is C22H22N4O3S2. The second kappa shape index (κ2) is 8.35. The molecule has 2 heterocycles. The van der Waals surface area contributed by atoms with Crippen LogP contribution < -0.4 is 11.1 Å². The number of aromatic nitrogens is 2. The van der Waals surface area contributed by atoms with Crippen LogP contribution >= 0.6 is 11.3 Å². The van der Waals surface area contributed by atoms with E-state index in [4.69, 9.17) is 5.73 Å². The number of nitrogens with one attached hydrogen (secondary N) is 1. The van der Waals surface area contributed by atoms with Gasteiger partial charge >= 0.3 is 0 Å². The van der Waals surface area contributed by atoms with Crippen LogP contribution in [0.2, 0.25) is 0 Å². The van der Waals surface area contributed by atoms with Crippen LogP contribution in [0.15, 0.2) is 64.4 Å². The van der Waals surface area contributed by atoms with Gasteiger partial charge in [0.15, 0.2) is 0 Å². The number of aliphatic hydroxyl groups excluding tert-OH is 1. The number of rotatable bonds is 6. The maximum atomic E-state index is 12.7. The third-order valence-corrected chi connectivity index (χ3v) is 8.13. The zero-order valence-corrected chi connectivity index (χ0v) is 18.7. The van der Waals surface area contributed by atoms with Crippen molar-refractivity contribution in [3.8, 4) is 0 Å². The molecule has 1 atom stereocenters. The van der Waals surface area contributed by atoms with Gasteiger partial charge in [0.2, 0.25) is 9.84 Å². The number of aryl methyl sites for hydroxylation is 2. The summed E-state index contributed by atoms with van der Waals surface area (Å²) in [5.41, 5.74) is 9.36. The molecule has 0 spiro atoms. The summed E-state index contributed by atoms with van der Waals surface area (Å²) in [6.45, 7) is 4.14. The van der Waals surface area contributed by atoms with E-state index < -0.39 is 16.1 Å². The first-order chi connectivity index (χ1) is 14.8. The van der Waals surface area contributed by atoms with Crippen LogP contribution in [0.25, 0.3) is 10.2 Å². The van der Waals surface area contributed by atoms with E-state index in [1.54, 1.807) is 54.6 Å². The molecule has 4 aromatic rings. The predicted molar refractivity (Wildman–Crippen MR) is 121 cm³/mol. The fourth-order valence-corrected chi connectivity index (χ4v) is 5.63. The van der Waals surface area contributed by atoms with Crippen molar-refractivity contribution in [3.63, 3.8) is 0 Å². The van der Waals surface area contributed by atoms with Crippen molar-refractivity contribution in [2.45, 2.75) is 36.4 Å². The minimum atomic E-state index is -3.56. The quantitative estimate of drug-likeness (QED) is 0.382. The molecular weight excluding hydrogens is 432 g/mol. The van der Waals surface area contributed by atoms with Crippen molar-refractivity contribution >= 4 is 37.1 Å². The van der Waals surface area contributed by atoms with Gasteiger partial charge in [0.25, 0.3) is 0 Å². The van der Waals surface area contributed by atoms with Crippen molar-refractivity contribution < 1.29 is 13.5 Å². The van der Waals surface area contributed by atoms with Gasteiger partial charge in [0.1, 0.15) is 11.1 Å². The standard InChI is InChI=1S/C22H22N4O3S2/c1-13-14(2)25-26-22-18(13)19(23)20(30-22)21(27)24-12-15-8-10-17(11-9-15)31(28,29)16-6-4-3-5-7-16/h3-11,21,24,27H,12,23H2,1-2H3. The van der Waals surface area contributed by atoms with Crippen molar-refractivity contribution in [1.29, 1.82) is 0 Å². The lowest BCUT2D eigenvalue weighted by atomic mass is 10.1. The smallest absolute Gasteiger partial charge is 0.206 e. The van der Waals surface area contributed by atoms with Crippen LogP contribution in [0.1, 0.15) is 27.9 Å². The van der Waals surface area contributed by atoms with Gasteiger partial charge in [-0.15, -0.1) is 16.4 Å². The Morgan fingerprint density at radius 2 is 1.68 bits per heavy atom. The van der Waals surface area contributed by atoms with Crippen molar-refractivity contribution in [2.75, 3.05) is 5.73 Å². The van der Waals surface area contributed by atoms with Crippen LogP contribution in [-0.2, 0) is 16.4 Å². The van der Waals surface area contributed by atoms with Gasteiger partial charge in [-0.25, -0.2) is 8.42 Å². The number of thiophene rings is 1. The Hall–Kier alpha value is -2.85. The SMILES string of the molecule is Cc1nnc2sc(C(O)NCc3ccc(S(=O)(=O)c4ccccc4)cc3)c(N)c2c1C. The van der Waals surface area contributed by atoms with E-state index in [1.165, 1.54) is 11.3 Å². The number of nitrogens with two attached hydrogens (primary N) is 1. The summed E-state index contributed by atoms with van der Waals surface area (Å²) in [5.74, 6) is 0. The highest BCUT2D eigenvalue weighted by Crippen LogP contribution is 2.37. The number of benzene rings is 2. The molecule has 0 radical (unpaired) electrons. The number of aliphatic hydroxyl groups is 1. The molecule has 9 heteroatoms. The monoisotopic (exact) mass is 454 g/mol. The lowest BCUT2D eigenvalue weighted by Gasteiger charge is -2.13. The largest absolute Gasteiger partial charge is 0.397 e. The fraction of sp³-hybridized carbons (Fsp3) is 0.182. The molecule has 0 saturated carbocycles. The predicted octanol–water partition coefficient (Wildman–Crippen LogP) is 3.50. The second-order valence-corrected chi connectivity index (χ2v) is 10.2. The zero-order chi connectivity index (χ0) is 22.2. The van der Waals surface area contributed by atoms with Crippen LogP contribution in [0.4, 0.5) is 5.69 Å². The van der Waals surface area contributed by atoms with Crippen molar-refractivity contribution in [2.24, 2.45) is 0 Å². The molecule has 160 valence electrons. The van der Waals surface area contributed by atoms with Crippen molar-refractivity contribution in [1.82, 2.24) is 15.5 Å². The van der Waals surface area contributed by atoms with Crippen LogP contribution in [-0.4, -0.2) is 23.7 Å². The number of hydrogen-bond donors (Lipinski definition) is 3. The Kier molecular flexibility index (Phi) is 5.76. The molecule has 7 nitrogen and oxygen atoms in total. The molecule has 0 bridgehead atoms. The first kappa shape index (κ1) is 21.4. The summed E-state index contributed by atoms with van der Waals surface area (Å²) < 4.78 is 25.4. The third-order valence-electron chi connectivity index (χ3n) is 5.20. The van der Waals surface area contributed by atoms with Crippen LogP contribution in [0.3, 0.4) is 0 Å². The molecule has 0 aliphatic heterocycles. The van der Waals surface area contributed by atoms with E-state index in [9.17, 15) is 13.5 Å².